The fourth-order valence-corrected chi connectivity index (χ4v) is 10.6. The van der Waals surface area contributed by atoms with Crippen LogP contribution < -0.4 is 0 Å². The van der Waals surface area contributed by atoms with Crippen LogP contribution in [0, 0.1) is 0 Å². The lowest BCUT2D eigenvalue weighted by atomic mass is 10.0. The van der Waals surface area contributed by atoms with E-state index < -0.39 is 6.10 Å². The van der Waals surface area contributed by atoms with E-state index >= 15 is 0 Å². The molecule has 0 aliphatic rings. The van der Waals surface area contributed by atoms with Crippen LogP contribution in [0.25, 0.3) is 0 Å². The highest BCUT2D eigenvalue weighted by Gasteiger charge is 2.16. The summed E-state index contributed by atoms with van der Waals surface area (Å²) in [6.07, 6.45) is 103. The molecule has 0 amide bonds. The van der Waals surface area contributed by atoms with E-state index in [4.69, 9.17) is 9.47 Å². The maximum Gasteiger partial charge on any atom is 0.306 e. The molecule has 5 nitrogen and oxygen atoms in total. The summed E-state index contributed by atoms with van der Waals surface area (Å²) in [5.74, 6) is -0.573. The van der Waals surface area contributed by atoms with Crippen molar-refractivity contribution >= 4 is 11.9 Å². The zero-order valence-corrected chi connectivity index (χ0v) is 54.5. The van der Waals surface area contributed by atoms with Crippen molar-refractivity contribution in [1.82, 2.24) is 0 Å². The molecule has 0 rings (SSSR count). The van der Waals surface area contributed by atoms with Crippen molar-refractivity contribution in [3.05, 3.63) is 97.2 Å². The molecule has 0 heterocycles. The number of carbonyl (C=O) groups excluding carboxylic acids is 2. The number of unbranched alkanes of at least 4 members (excludes halogenated alkanes) is 42. The van der Waals surface area contributed by atoms with Crippen molar-refractivity contribution in [2.24, 2.45) is 0 Å². The Morgan fingerprint density at radius 3 is 0.793 bits per heavy atom. The molecule has 1 atom stereocenters. The highest BCUT2D eigenvalue weighted by molar-refractivity contribution is 5.70. The molecular formula is C77H136O5. The third-order valence-corrected chi connectivity index (χ3v) is 15.9. The van der Waals surface area contributed by atoms with Crippen molar-refractivity contribution in [2.75, 3.05) is 13.2 Å². The molecule has 82 heavy (non-hydrogen) atoms. The van der Waals surface area contributed by atoms with Gasteiger partial charge in [0, 0.05) is 12.8 Å². The van der Waals surface area contributed by atoms with E-state index in [2.05, 4.69) is 111 Å². The van der Waals surface area contributed by atoms with Crippen molar-refractivity contribution in [3.8, 4) is 0 Å². The Balaban J connectivity index is 3.45. The first-order valence-electron chi connectivity index (χ1n) is 35.8. The van der Waals surface area contributed by atoms with Crippen LogP contribution in [-0.2, 0) is 19.1 Å². The van der Waals surface area contributed by atoms with E-state index in [1.165, 1.54) is 244 Å². The zero-order valence-electron chi connectivity index (χ0n) is 54.5. The Labute approximate surface area is 510 Å². The van der Waals surface area contributed by atoms with Crippen LogP contribution in [0.2, 0.25) is 0 Å². The van der Waals surface area contributed by atoms with Crippen LogP contribution in [0.5, 0.6) is 0 Å². The standard InChI is InChI=1S/C77H136O5/c1-3-5-7-9-11-13-15-17-19-21-23-25-27-29-31-32-33-34-35-36-37-38-39-40-41-42-43-44-46-48-50-52-54-56-58-60-62-64-66-68-70-72-77(80)82-75(73-78)74-81-76(79)71-69-67-65-63-61-59-57-55-53-51-49-47-45-30-28-26-24-22-20-18-16-14-12-10-8-6-4-2/h5,7,11,13,17,19,23,25,29,31,33-34,36-37,39-40,75,78H,3-4,6,8-10,12,14-16,18,20-22,24,26-28,30,32,35,38,41-74H2,1-2H3/b7-5-,13-11-,19-17-,25-23-,31-29-,34-33-,37-36-,40-39-. The zero-order chi connectivity index (χ0) is 59.1. The van der Waals surface area contributed by atoms with Crippen molar-refractivity contribution in [1.29, 1.82) is 0 Å². The molecule has 0 aromatic rings. The number of ether oxygens (including phenoxy) is 2. The second kappa shape index (κ2) is 72.1. The summed E-state index contributed by atoms with van der Waals surface area (Å²) in [6, 6.07) is 0. The lowest BCUT2D eigenvalue weighted by molar-refractivity contribution is -0.161. The second-order valence-electron chi connectivity index (χ2n) is 23.9. The van der Waals surface area contributed by atoms with Crippen molar-refractivity contribution in [2.45, 2.75) is 367 Å². The topological polar surface area (TPSA) is 72.8 Å². The summed E-state index contributed by atoms with van der Waals surface area (Å²) >= 11 is 0. The largest absolute Gasteiger partial charge is 0.462 e. The van der Waals surface area contributed by atoms with Crippen LogP contribution in [0.4, 0.5) is 0 Å². The normalized spacial score (nSPS) is 12.8. The Kier molecular flexibility index (Phi) is 69.3. The molecule has 0 fully saturated rings. The van der Waals surface area contributed by atoms with Gasteiger partial charge >= 0.3 is 11.9 Å². The number of aliphatic hydroxyl groups is 1. The van der Waals surface area contributed by atoms with Gasteiger partial charge in [-0.15, -0.1) is 0 Å². The molecule has 0 aliphatic carbocycles. The van der Waals surface area contributed by atoms with Gasteiger partial charge in [0.05, 0.1) is 6.61 Å². The summed E-state index contributed by atoms with van der Waals surface area (Å²) in [4.78, 5) is 24.7. The first-order chi connectivity index (χ1) is 40.6. The number of hydrogen-bond donors (Lipinski definition) is 1. The van der Waals surface area contributed by atoms with E-state index in [1.54, 1.807) is 0 Å². The molecule has 0 aliphatic heterocycles. The quantitative estimate of drug-likeness (QED) is 0.0373. The molecule has 0 bridgehead atoms. The predicted molar refractivity (Wildman–Crippen MR) is 362 cm³/mol. The first kappa shape index (κ1) is 78.8. The fourth-order valence-electron chi connectivity index (χ4n) is 10.6. The minimum atomic E-state index is -0.774. The molecule has 0 aromatic carbocycles. The van der Waals surface area contributed by atoms with E-state index in [1.807, 2.05) is 0 Å². The average molecular weight is 1140 g/mol. The number of hydrogen-bond acceptors (Lipinski definition) is 5. The molecule has 5 heteroatoms. The summed E-state index contributed by atoms with van der Waals surface area (Å²) in [5.41, 5.74) is 0. The number of aliphatic hydroxyl groups excluding tert-OH is 1. The monoisotopic (exact) mass is 1140 g/mol. The van der Waals surface area contributed by atoms with Gasteiger partial charge in [0.25, 0.3) is 0 Å². The van der Waals surface area contributed by atoms with Crippen LogP contribution in [-0.4, -0.2) is 36.4 Å². The summed E-state index contributed by atoms with van der Waals surface area (Å²) < 4.78 is 10.8. The lowest BCUT2D eigenvalue weighted by Crippen LogP contribution is -2.28. The van der Waals surface area contributed by atoms with Crippen LogP contribution >= 0.6 is 0 Å². The van der Waals surface area contributed by atoms with Gasteiger partial charge in [0.1, 0.15) is 6.61 Å². The maximum atomic E-state index is 12.4. The van der Waals surface area contributed by atoms with Crippen LogP contribution in [0.1, 0.15) is 361 Å². The number of esters is 2. The SMILES string of the molecule is CC/C=C\C/C=C\C/C=C\C/C=C\C/C=C\C/C=C\C/C=C\C/C=C\CCCCCCCCCCCCCCCCCCC(=O)OC(CO)COC(=O)CCCCCCCCCCCCCCCCCCCCCCCCCCCCC. The van der Waals surface area contributed by atoms with E-state index in [-0.39, 0.29) is 25.2 Å². The lowest BCUT2D eigenvalue weighted by Gasteiger charge is -2.15. The Morgan fingerprint density at radius 2 is 0.524 bits per heavy atom. The molecule has 0 spiro atoms. The summed E-state index contributed by atoms with van der Waals surface area (Å²) in [5, 5.41) is 9.71. The van der Waals surface area contributed by atoms with Gasteiger partial charge < -0.3 is 14.6 Å². The van der Waals surface area contributed by atoms with Gasteiger partial charge in [-0.2, -0.15) is 0 Å². The maximum absolute atomic E-state index is 12.4. The third-order valence-electron chi connectivity index (χ3n) is 15.9. The van der Waals surface area contributed by atoms with E-state index in [0.29, 0.717) is 12.8 Å². The van der Waals surface area contributed by atoms with Gasteiger partial charge in [-0.25, -0.2) is 0 Å². The molecule has 0 radical (unpaired) electrons. The number of rotatable bonds is 66. The second-order valence-corrected chi connectivity index (χ2v) is 23.9. The molecule has 0 saturated heterocycles. The summed E-state index contributed by atoms with van der Waals surface area (Å²) in [6.45, 7) is 4.07. The number of allylic oxidation sites excluding steroid dienone is 16. The summed E-state index contributed by atoms with van der Waals surface area (Å²) in [7, 11) is 0. The highest BCUT2D eigenvalue weighted by atomic mass is 16.6. The average Bonchev–Trinajstić information content (AvgIpc) is 3.49. The fraction of sp³-hybridized carbons (Fsp3) is 0.766. The molecular weight excluding hydrogens is 1000 g/mol. The Bertz CT molecular complexity index is 1530. The smallest absolute Gasteiger partial charge is 0.306 e. The van der Waals surface area contributed by atoms with Gasteiger partial charge in [0.2, 0.25) is 0 Å². The van der Waals surface area contributed by atoms with Crippen molar-refractivity contribution in [3.63, 3.8) is 0 Å². The van der Waals surface area contributed by atoms with Gasteiger partial charge in [-0.3, -0.25) is 9.59 Å². The first-order valence-corrected chi connectivity index (χ1v) is 35.8. The van der Waals surface area contributed by atoms with Gasteiger partial charge in [-0.1, -0.05) is 368 Å². The Hall–Kier alpha value is -3.18. The van der Waals surface area contributed by atoms with E-state index in [9.17, 15) is 14.7 Å². The van der Waals surface area contributed by atoms with Gasteiger partial charge in [0.15, 0.2) is 6.10 Å². The third kappa shape index (κ3) is 69.3. The van der Waals surface area contributed by atoms with E-state index in [0.717, 1.165) is 89.9 Å². The number of carbonyl (C=O) groups is 2. The van der Waals surface area contributed by atoms with Crippen LogP contribution in [0.3, 0.4) is 0 Å². The van der Waals surface area contributed by atoms with Crippen LogP contribution in [0.15, 0.2) is 97.2 Å². The molecule has 474 valence electrons. The molecule has 0 saturated carbocycles. The minimum absolute atomic E-state index is 0.0631. The Morgan fingerprint density at radius 1 is 0.293 bits per heavy atom. The highest BCUT2D eigenvalue weighted by Crippen LogP contribution is 2.18. The van der Waals surface area contributed by atoms with Crippen molar-refractivity contribution < 1.29 is 24.2 Å². The predicted octanol–water partition coefficient (Wildman–Crippen LogP) is 25.0. The molecule has 0 aromatic heterocycles. The molecule has 1 N–H and O–H groups in total. The minimum Gasteiger partial charge on any atom is -0.462 e. The van der Waals surface area contributed by atoms with Gasteiger partial charge in [-0.05, 0) is 77.0 Å². The molecule has 1 unspecified atom stereocenters.